The zero-order valence-corrected chi connectivity index (χ0v) is 21.9. The summed E-state index contributed by atoms with van der Waals surface area (Å²) < 4.78 is 13.1. The molecular formula is C29H31BrN2O4. The Labute approximate surface area is 220 Å². The normalized spacial score (nSPS) is 18.9. The van der Waals surface area contributed by atoms with Gasteiger partial charge in [-0.15, -0.1) is 0 Å². The van der Waals surface area contributed by atoms with Gasteiger partial charge in [-0.3, -0.25) is 4.79 Å². The fourth-order valence-corrected chi connectivity index (χ4v) is 4.48. The first-order valence-electron chi connectivity index (χ1n) is 12.2. The van der Waals surface area contributed by atoms with E-state index < -0.39 is 11.6 Å². The zero-order valence-electron chi connectivity index (χ0n) is 20.3. The number of rotatable bonds is 11. The Kier molecular flexibility index (Phi) is 8.78. The van der Waals surface area contributed by atoms with Crippen LogP contribution in [0.3, 0.4) is 0 Å². The molecule has 0 aromatic heterocycles. The molecule has 0 unspecified atom stereocenters. The quantitative estimate of drug-likeness (QED) is 0.320. The standard InChI is InChI=1S/C29H31BrN2O4/c1-2-17-31-28(34)29(20-21-7-4-3-5-8-21)26(22-9-13-24(30)14-10-22)36-27(32-29)23-11-15-25(16-12-23)35-19-6-18-33/h3-5,7-16,26,33H,2,6,17-20H2,1H3,(H,31,34)/t26-,29-/m1/s1. The van der Waals surface area contributed by atoms with Crippen LogP contribution in [0.5, 0.6) is 5.75 Å². The van der Waals surface area contributed by atoms with Crippen molar-refractivity contribution >= 4 is 27.7 Å². The molecule has 2 atom stereocenters. The van der Waals surface area contributed by atoms with Crippen LogP contribution in [-0.4, -0.2) is 42.2 Å². The number of aliphatic hydroxyl groups excluding tert-OH is 1. The van der Waals surface area contributed by atoms with Crippen LogP contribution in [0, 0.1) is 0 Å². The summed E-state index contributed by atoms with van der Waals surface area (Å²) in [5, 5.41) is 12.1. The summed E-state index contributed by atoms with van der Waals surface area (Å²) in [6.07, 6.45) is 1.20. The Bertz CT molecular complexity index is 1170. The van der Waals surface area contributed by atoms with Gasteiger partial charge in [-0.2, -0.15) is 0 Å². The van der Waals surface area contributed by atoms with Gasteiger partial charge in [-0.1, -0.05) is 65.3 Å². The first kappa shape index (κ1) is 25.9. The minimum atomic E-state index is -1.17. The van der Waals surface area contributed by atoms with Gasteiger partial charge in [0.1, 0.15) is 5.75 Å². The molecule has 6 nitrogen and oxygen atoms in total. The number of nitrogens with one attached hydrogen (secondary N) is 1. The fraction of sp³-hybridized carbons (Fsp3) is 0.310. The summed E-state index contributed by atoms with van der Waals surface area (Å²) in [4.78, 5) is 18.8. The second-order valence-electron chi connectivity index (χ2n) is 8.76. The third kappa shape index (κ3) is 5.97. The molecule has 36 heavy (non-hydrogen) atoms. The predicted molar refractivity (Wildman–Crippen MR) is 144 cm³/mol. The molecule has 0 saturated carbocycles. The summed E-state index contributed by atoms with van der Waals surface area (Å²) >= 11 is 3.50. The molecule has 1 aliphatic rings. The molecule has 4 rings (SSSR count). The van der Waals surface area contributed by atoms with Crippen LogP contribution in [0.1, 0.15) is 42.6 Å². The molecule has 7 heteroatoms. The Morgan fingerprint density at radius 2 is 1.81 bits per heavy atom. The van der Waals surface area contributed by atoms with Gasteiger partial charge in [-0.05, 0) is 53.9 Å². The molecule has 0 radical (unpaired) electrons. The molecule has 1 amide bonds. The second kappa shape index (κ2) is 12.2. The van der Waals surface area contributed by atoms with E-state index in [2.05, 4.69) is 21.2 Å². The number of carbonyl (C=O) groups is 1. The molecule has 2 N–H and O–H groups in total. The molecule has 1 heterocycles. The van der Waals surface area contributed by atoms with E-state index in [4.69, 9.17) is 19.6 Å². The Morgan fingerprint density at radius 1 is 1.08 bits per heavy atom. The van der Waals surface area contributed by atoms with Gasteiger partial charge in [0.25, 0.3) is 5.91 Å². The summed E-state index contributed by atoms with van der Waals surface area (Å²) in [6.45, 7) is 3.12. The summed E-state index contributed by atoms with van der Waals surface area (Å²) in [6, 6.07) is 25.2. The molecule has 0 aliphatic carbocycles. The zero-order chi connectivity index (χ0) is 25.4. The van der Waals surface area contributed by atoms with Gasteiger partial charge in [0.15, 0.2) is 11.6 Å². The summed E-state index contributed by atoms with van der Waals surface area (Å²) in [5.41, 5.74) is 1.48. The molecule has 1 aliphatic heterocycles. The van der Waals surface area contributed by atoms with Crippen LogP contribution in [-0.2, 0) is 16.0 Å². The maximum absolute atomic E-state index is 13.8. The number of carbonyl (C=O) groups excluding carboxylic acids is 1. The van der Waals surface area contributed by atoms with E-state index in [0.717, 1.165) is 27.6 Å². The number of aliphatic hydroxyl groups is 1. The molecule has 0 spiro atoms. The third-order valence-electron chi connectivity index (χ3n) is 6.05. The monoisotopic (exact) mass is 550 g/mol. The molecule has 3 aromatic rings. The van der Waals surface area contributed by atoms with Crippen LogP contribution in [0.4, 0.5) is 0 Å². The van der Waals surface area contributed by atoms with Crippen molar-refractivity contribution in [3.63, 3.8) is 0 Å². The molecule has 188 valence electrons. The van der Waals surface area contributed by atoms with Crippen LogP contribution < -0.4 is 10.1 Å². The lowest BCUT2D eigenvalue weighted by Gasteiger charge is -2.31. The van der Waals surface area contributed by atoms with Gasteiger partial charge >= 0.3 is 0 Å². The molecule has 0 bridgehead atoms. The average molecular weight is 551 g/mol. The van der Waals surface area contributed by atoms with Crippen LogP contribution >= 0.6 is 15.9 Å². The first-order valence-corrected chi connectivity index (χ1v) is 13.0. The Hall–Kier alpha value is -3.16. The van der Waals surface area contributed by atoms with E-state index in [0.29, 0.717) is 37.6 Å². The van der Waals surface area contributed by atoms with E-state index in [-0.39, 0.29) is 12.5 Å². The number of halogens is 1. The maximum Gasteiger partial charge on any atom is 0.252 e. The fourth-order valence-electron chi connectivity index (χ4n) is 4.22. The van der Waals surface area contributed by atoms with E-state index in [1.165, 1.54) is 0 Å². The lowest BCUT2D eigenvalue weighted by Crippen LogP contribution is -2.50. The SMILES string of the molecule is CCCNC(=O)[C@]1(Cc2ccccc2)N=C(c2ccc(OCCCO)cc2)O[C@@H]1c1ccc(Br)cc1. The molecule has 3 aromatic carbocycles. The van der Waals surface area contributed by atoms with Crippen molar-refractivity contribution in [2.45, 2.75) is 37.8 Å². The minimum Gasteiger partial charge on any atom is -0.494 e. The van der Waals surface area contributed by atoms with Crippen LogP contribution in [0.25, 0.3) is 0 Å². The molecule has 0 fully saturated rings. The number of hydrogen-bond acceptors (Lipinski definition) is 5. The van der Waals surface area contributed by atoms with Crippen LogP contribution in [0.2, 0.25) is 0 Å². The number of amides is 1. The van der Waals surface area contributed by atoms with Crippen molar-refractivity contribution in [1.29, 1.82) is 0 Å². The minimum absolute atomic E-state index is 0.0871. The highest BCUT2D eigenvalue weighted by Gasteiger charge is 2.53. The van der Waals surface area contributed by atoms with E-state index >= 15 is 0 Å². The Balaban J connectivity index is 1.75. The van der Waals surface area contributed by atoms with Gasteiger partial charge in [0.2, 0.25) is 5.90 Å². The summed E-state index contributed by atoms with van der Waals surface area (Å²) in [5.74, 6) is 0.971. The van der Waals surface area contributed by atoms with Crippen molar-refractivity contribution in [3.8, 4) is 5.75 Å². The number of nitrogens with zero attached hydrogens (tertiary/aromatic N) is 1. The first-order chi connectivity index (χ1) is 17.6. The second-order valence-corrected chi connectivity index (χ2v) is 9.67. The number of aliphatic imine (C=N–C) groups is 1. The highest BCUT2D eigenvalue weighted by molar-refractivity contribution is 9.10. The topological polar surface area (TPSA) is 80.2 Å². The van der Waals surface area contributed by atoms with Crippen molar-refractivity contribution < 1.29 is 19.4 Å². The van der Waals surface area contributed by atoms with E-state index in [9.17, 15) is 4.79 Å². The van der Waals surface area contributed by atoms with Crippen molar-refractivity contribution in [2.24, 2.45) is 4.99 Å². The predicted octanol–water partition coefficient (Wildman–Crippen LogP) is 5.24. The van der Waals surface area contributed by atoms with Gasteiger partial charge in [-0.25, -0.2) is 4.99 Å². The van der Waals surface area contributed by atoms with Crippen molar-refractivity contribution in [1.82, 2.24) is 5.32 Å². The number of hydrogen-bond donors (Lipinski definition) is 2. The molecule has 0 saturated heterocycles. The number of benzene rings is 3. The highest BCUT2D eigenvalue weighted by atomic mass is 79.9. The lowest BCUT2D eigenvalue weighted by atomic mass is 9.82. The summed E-state index contributed by atoms with van der Waals surface area (Å²) in [7, 11) is 0. The van der Waals surface area contributed by atoms with Crippen molar-refractivity contribution in [2.75, 3.05) is 19.8 Å². The van der Waals surface area contributed by atoms with Crippen LogP contribution in [0.15, 0.2) is 88.3 Å². The highest BCUT2D eigenvalue weighted by Crippen LogP contribution is 2.42. The largest absolute Gasteiger partial charge is 0.494 e. The third-order valence-corrected chi connectivity index (χ3v) is 6.58. The van der Waals surface area contributed by atoms with E-state index in [1.54, 1.807) is 0 Å². The number of ether oxygens (including phenoxy) is 2. The smallest absolute Gasteiger partial charge is 0.252 e. The lowest BCUT2D eigenvalue weighted by molar-refractivity contribution is -0.128. The Morgan fingerprint density at radius 3 is 2.47 bits per heavy atom. The van der Waals surface area contributed by atoms with Gasteiger partial charge < -0.3 is 19.9 Å². The van der Waals surface area contributed by atoms with Gasteiger partial charge in [0.05, 0.1) is 6.61 Å². The van der Waals surface area contributed by atoms with Crippen molar-refractivity contribution in [3.05, 3.63) is 100 Å². The van der Waals surface area contributed by atoms with E-state index in [1.807, 2.05) is 85.8 Å². The average Bonchev–Trinajstić information content (AvgIpc) is 3.29. The molecular weight excluding hydrogens is 520 g/mol. The van der Waals surface area contributed by atoms with Gasteiger partial charge in [0, 0.05) is 36.0 Å². The maximum atomic E-state index is 13.8.